The topological polar surface area (TPSA) is 40.5 Å². The molecule has 2 unspecified atom stereocenters. The third-order valence-electron chi connectivity index (χ3n) is 3.26. The van der Waals surface area contributed by atoms with Crippen LogP contribution in [-0.2, 0) is 4.79 Å². The molecule has 0 radical (unpaired) electrons. The predicted molar refractivity (Wildman–Crippen MR) is 80.6 cm³/mol. The second-order valence-electron chi connectivity index (χ2n) is 5.05. The van der Waals surface area contributed by atoms with Gasteiger partial charge < -0.3 is 5.11 Å². The SMILES string of the molecule is CCSC(C1=CC(C)(O)N(c2ccccc2)C1=O)C(F)(F)F. The van der Waals surface area contributed by atoms with Gasteiger partial charge in [0, 0.05) is 11.3 Å². The molecular formula is C15H16F3NO2S. The number of nitrogens with zero attached hydrogens (tertiary/aromatic N) is 1. The van der Waals surface area contributed by atoms with Crippen LogP contribution in [0.5, 0.6) is 0 Å². The van der Waals surface area contributed by atoms with Crippen molar-refractivity contribution >= 4 is 23.4 Å². The van der Waals surface area contributed by atoms with Gasteiger partial charge in [-0.05, 0) is 30.9 Å². The zero-order valence-corrected chi connectivity index (χ0v) is 12.9. The highest BCUT2D eigenvalue weighted by Crippen LogP contribution is 2.41. The second kappa shape index (κ2) is 5.96. The Hall–Kier alpha value is -1.47. The average Bonchev–Trinajstić information content (AvgIpc) is 2.65. The van der Waals surface area contributed by atoms with Gasteiger partial charge in [0.25, 0.3) is 5.91 Å². The number of alkyl halides is 3. The number of thioether (sulfide) groups is 1. The number of carbonyl (C=O) groups excluding carboxylic acids is 1. The zero-order chi connectivity index (χ0) is 16.5. The fourth-order valence-corrected chi connectivity index (χ4v) is 3.30. The van der Waals surface area contributed by atoms with Gasteiger partial charge in [-0.25, -0.2) is 0 Å². The van der Waals surface area contributed by atoms with Gasteiger partial charge in [0.05, 0.1) is 0 Å². The molecule has 0 saturated carbocycles. The summed E-state index contributed by atoms with van der Waals surface area (Å²) in [5, 5.41) is 8.44. The van der Waals surface area contributed by atoms with Crippen LogP contribution in [0.1, 0.15) is 13.8 Å². The van der Waals surface area contributed by atoms with Gasteiger partial charge in [-0.2, -0.15) is 13.2 Å². The maximum atomic E-state index is 13.2. The first kappa shape index (κ1) is 16.9. The molecule has 1 aromatic carbocycles. The highest BCUT2D eigenvalue weighted by Gasteiger charge is 2.51. The van der Waals surface area contributed by atoms with E-state index in [9.17, 15) is 23.1 Å². The van der Waals surface area contributed by atoms with E-state index in [1.807, 2.05) is 0 Å². The summed E-state index contributed by atoms with van der Waals surface area (Å²) in [5.74, 6) is -0.609. The van der Waals surface area contributed by atoms with Crippen molar-refractivity contribution in [1.29, 1.82) is 0 Å². The van der Waals surface area contributed by atoms with Crippen LogP contribution in [0.4, 0.5) is 18.9 Å². The summed E-state index contributed by atoms with van der Waals surface area (Å²) in [5.41, 5.74) is -1.86. The van der Waals surface area contributed by atoms with Gasteiger partial charge in [-0.15, -0.1) is 11.8 Å². The number of benzene rings is 1. The molecule has 120 valence electrons. The Labute approximate surface area is 130 Å². The molecule has 7 heteroatoms. The van der Waals surface area contributed by atoms with Crippen LogP contribution in [0.3, 0.4) is 0 Å². The van der Waals surface area contributed by atoms with Gasteiger partial charge in [-0.1, -0.05) is 25.1 Å². The number of hydrogen-bond donors (Lipinski definition) is 1. The molecule has 2 atom stereocenters. The Morgan fingerprint density at radius 2 is 1.91 bits per heavy atom. The molecule has 22 heavy (non-hydrogen) atoms. The first-order chi connectivity index (χ1) is 10.2. The van der Waals surface area contributed by atoms with E-state index in [1.165, 1.54) is 6.92 Å². The zero-order valence-electron chi connectivity index (χ0n) is 12.1. The van der Waals surface area contributed by atoms with E-state index in [0.29, 0.717) is 17.4 Å². The van der Waals surface area contributed by atoms with E-state index >= 15 is 0 Å². The van der Waals surface area contributed by atoms with E-state index < -0.39 is 28.6 Å². The predicted octanol–water partition coefficient (Wildman–Crippen LogP) is 3.35. The minimum absolute atomic E-state index is 0.211. The van der Waals surface area contributed by atoms with Gasteiger partial charge in [-0.3, -0.25) is 9.69 Å². The number of halogens is 3. The third-order valence-corrected chi connectivity index (χ3v) is 4.45. The minimum atomic E-state index is -4.55. The molecule has 1 heterocycles. The molecule has 1 aromatic rings. The molecule has 0 aromatic heterocycles. The first-order valence-electron chi connectivity index (χ1n) is 6.71. The highest BCUT2D eigenvalue weighted by atomic mass is 32.2. The van der Waals surface area contributed by atoms with Crippen molar-refractivity contribution in [3.05, 3.63) is 42.0 Å². The van der Waals surface area contributed by atoms with Gasteiger partial charge >= 0.3 is 6.18 Å². The lowest BCUT2D eigenvalue weighted by Gasteiger charge is -2.30. The average molecular weight is 331 g/mol. The van der Waals surface area contributed by atoms with Crippen LogP contribution in [-0.4, -0.2) is 33.9 Å². The van der Waals surface area contributed by atoms with Crippen molar-refractivity contribution in [3.63, 3.8) is 0 Å². The smallest absolute Gasteiger partial charge is 0.367 e. The summed E-state index contributed by atoms with van der Waals surface area (Å²) in [7, 11) is 0. The van der Waals surface area contributed by atoms with Crippen molar-refractivity contribution < 1.29 is 23.1 Å². The minimum Gasteiger partial charge on any atom is -0.367 e. The number of carbonyl (C=O) groups is 1. The van der Waals surface area contributed by atoms with Crippen molar-refractivity contribution in [3.8, 4) is 0 Å². The quantitative estimate of drug-likeness (QED) is 0.920. The van der Waals surface area contributed by atoms with E-state index in [-0.39, 0.29) is 5.75 Å². The summed E-state index contributed by atoms with van der Waals surface area (Å²) in [6.07, 6.45) is -3.55. The molecule has 0 spiro atoms. The Bertz CT molecular complexity index is 584. The number of anilines is 1. The Morgan fingerprint density at radius 3 is 2.41 bits per heavy atom. The number of para-hydroxylation sites is 1. The van der Waals surface area contributed by atoms with Crippen molar-refractivity contribution in [2.45, 2.75) is 31.0 Å². The molecular weight excluding hydrogens is 315 g/mol. The van der Waals surface area contributed by atoms with E-state index in [4.69, 9.17) is 0 Å². The number of rotatable bonds is 4. The molecule has 0 bridgehead atoms. The van der Waals surface area contributed by atoms with Crippen LogP contribution in [0.15, 0.2) is 42.0 Å². The third kappa shape index (κ3) is 3.15. The maximum Gasteiger partial charge on any atom is 0.404 e. The van der Waals surface area contributed by atoms with Crippen LogP contribution < -0.4 is 4.90 Å². The van der Waals surface area contributed by atoms with Crippen molar-refractivity contribution in [2.75, 3.05) is 10.7 Å². The summed E-state index contributed by atoms with van der Waals surface area (Å²) in [6, 6.07) is 8.16. The van der Waals surface area contributed by atoms with Crippen LogP contribution in [0.2, 0.25) is 0 Å². The number of hydrogen-bond acceptors (Lipinski definition) is 3. The number of aliphatic hydroxyl groups is 1. The Balaban J connectivity index is 2.42. The lowest BCUT2D eigenvalue weighted by atomic mass is 10.1. The fourth-order valence-electron chi connectivity index (χ4n) is 2.43. The molecule has 0 fully saturated rings. The monoisotopic (exact) mass is 331 g/mol. The molecule has 2 rings (SSSR count). The van der Waals surface area contributed by atoms with Crippen molar-refractivity contribution in [1.82, 2.24) is 0 Å². The Kier molecular flexibility index (Phi) is 4.58. The van der Waals surface area contributed by atoms with Crippen LogP contribution in [0, 0.1) is 0 Å². The van der Waals surface area contributed by atoms with E-state index in [1.54, 1.807) is 37.3 Å². The normalized spacial score (nSPS) is 23.6. The summed E-state index contributed by atoms with van der Waals surface area (Å²) in [6.45, 7) is 2.89. The van der Waals surface area contributed by atoms with Gasteiger partial charge in [0.15, 0.2) is 5.72 Å². The standard InChI is InChI=1S/C15H16F3NO2S/c1-3-22-12(15(16,17)18)11-9-14(2,21)19(13(11)20)10-7-5-4-6-8-10/h4-9,12,21H,3H2,1-2H3. The molecule has 0 aliphatic carbocycles. The summed E-state index contributed by atoms with van der Waals surface area (Å²) < 4.78 is 39.6. The Morgan fingerprint density at radius 1 is 1.32 bits per heavy atom. The van der Waals surface area contributed by atoms with Gasteiger partial charge in [0.1, 0.15) is 5.25 Å². The van der Waals surface area contributed by atoms with Crippen LogP contribution >= 0.6 is 11.8 Å². The first-order valence-corrected chi connectivity index (χ1v) is 7.76. The summed E-state index contributed by atoms with van der Waals surface area (Å²) >= 11 is 0.630. The van der Waals surface area contributed by atoms with E-state index in [2.05, 4.69) is 0 Å². The van der Waals surface area contributed by atoms with Gasteiger partial charge in [0.2, 0.25) is 0 Å². The maximum absolute atomic E-state index is 13.2. The number of amides is 1. The lowest BCUT2D eigenvalue weighted by molar-refractivity contribution is -0.129. The largest absolute Gasteiger partial charge is 0.404 e. The second-order valence-corrected chi connectivity index (χ2v) is 6.43. The summed E-state index contributed by atoms with van der Waals surface area (Å²) in [4.78, 5) is 13.5. The molecule has 1 amide bonds. The molecule has 3 nitrogen and oxygen atoms in total. The van der Waals surface area contributed by atoms with Crippen LogP contribution in [0.25, 0.3) is 0 Å². The van der Waals surface area contributed by atoms with Crippen molar-refractivity contribution in [2.24, 2.45) is 0 Å². The lowest BCUT2D eigenvalue weighted by Crippen LogP contribution is -2.45. The van der Waals surface area contributed by atoms with E-state index in [0.717, 1.165) is 11.0 Å². The highest BCUT2D eigenvalue weighted by molar-refractivity contribution is 8.00. The molecule has 1 N–H and O–H groups in total. The molecule has 1 aliphatic heterocycles. The molecule has 0 saturated heterocycles. The fraction of sp³-hybridized carbons (Fsp3) is 0.400. The molecule has 1 aliphatic rings.